The van der Waals surface area contributed by atoms with Gasteiger partial charge in [0.1, 0.15) is 5.60 Å². The van der Waals surface area contributed by atoms with E-state index >= 15 is 0 Å². The first-order chi connectivity index (χ1) is 14.2. The number of fused-ring (bicyclic) bond motifs is 2. The van der Waals surface area contributed by atoms with Crippen molar-refractivity contribution in [1.29, 1.82) is 0 Å². The summed E-state index contributed by atoms with van der Waals surface area (Å²) in [6, 6.07) is 14.5. The van der Waals surface area contributed by atoms with E-state index in [9.17, 15) is 14.9 Å². The zero-order valence-electron chi connectivity index (χ0n) is 17.2. The van der Waals surface area contributed by atoms with Crippen LogP contribution in [0.1, 0.15) is 32.0 Å². The molecule has 7 nitrogen and oxygen atoms in total. The fourth-order valence-corrected chi connectivity index (χ4v) is 3.76. The molecule has 7 heteroatoms. The van der Waals surface area contributed by atoms with Crippen LogP contribution in [0, 0.1) is 10.1 Å². The molecule has 0 bridgehead atoms. The molecule has 0 saturated carbocycles. The molecule has 2 heterocycles. The van der Waals surface area contributed by atoms with Crippen LogP contribution in [-0.4, -0.2) is 33.0 Å². The van der Waals surface area contributed by atoms with Crippen LogP contribution in [0.25, 0.3) is 22.0 Å². The largest absolute Gasteiger partial charge is 0.444 e. The topological polar surface area (TPSA) is 85.6 Å². The maximum absolute atomic E-state index is 12.7. The lowest BCUT2D eigenvalue weighted by Crippen LogP contribution is -2.40. The van der Waals surface area contributed by atoms with Crippen LogP contribution < -0.4 is 0 Å². The first kappa shape index (κ1) is 19.8. The molecule has 1 amide bonds. The number of rotatable bonds is 2. The number of carbonyl (C=O) groups is 1. The molecule has 2 aromatic carbocycles. The Bertz CT molecular complexity index is 1140. The highest BCUT2D eigenvalue weighted by molar-refractivity contribution is 5.98. The first-order valence-corrected chi connectivity index (χ1v) is 9.86. The van der Waals surface area contributed by atoms with Crippen LogP contribution in [-0.2, 0) is 17.7 Å². The van der Waals surface area contributed by atoms with Gasteiger partial charge in [-0.25, -0.2) is 4.79 Å². The lowest BCUT2D eigenvalue weighted by Gasteiger charge is -2.32. The van der Waals surface area contributed by atoms with E-state index in [0.29, 0.717) is 30.4 Å². The van der Waals surface area contributed by atoms with Gasteiger partial charge in [-0.3, -0.25) is 15.1 Å². The highest BCUT2D eigenvalue weighted by Crippen LogP contribution is 2.37. The zero-order chi connectivity index (χ0) is 21.5. The number of carbonyl (C=O) groups excluding carboxylic acids is 1. The van der Waals surface area contributed by atoms with E-state index in [1.807, 2.05) is 51.1 Å². The number of nitro benzene ring substituents is 1. The summed E-state index contributed by atoms with van der Waals surface area (Å²) in [5.41, 5.74) is 3.79. The molecule has 0 unspecified atom stereocenters. The van der Waals surface area contributed by atoms with E-state index < -0.39 is 10.5 Å². The molecule has 0 spiro atoms. The summed E-state index contributed by atoms with van der Waals surface area (Å²) >= 11 is 0. The maximum Gasteiger partial charge on any atom is 0.410 e. The van der Waals surface area contributed by atoms with Crippen LogP contribution >= 0.6 is 0 Å². The van der Waals surface area contributed by atoms with Gasteiger partial charge in [0.2, 0.25) is 0 Å². The summed E-state index contributed by atoms with van der Waals surface area (Å²) in [5.74, 6) is 0. The monoisotopic (exact) mass is 405 g/mol. The van der Waals surface area contributed by atoms with Gasteiger partial charge < -0.3 is 9.64 Å². The minimum absolute atomic E-state index is 0.0150. The van der Waals surface area contributed by atoms with Crippen molar-refractivity contribution in [3.05, 3.63) is 69.9 Å². The third-order valence-corrected chi connectivity index (χ3v) is 5.05. The molecular formula is C23H23N3O4. The lowest BCUT2D eigenvalue weighted by atomic mass is 9.91. The normalized spacial score (nSPS) is 13.8. The van der Waals surface area contributed by atoms with Gasteiger partial charge in [-0.05, 0) is 38.0 Å². The Kier molecular flexibility index (Phi) is 4.89. The molecule has 1 aliphatic rings. The molecule has 30 heavy (non-hydrogen) atoms. The van der Waals surface area contributed by atoms with Crippen molar-refractivity contribution in [3.8, 4) is 11.1 Å². The summed E-state index contributed by atoms with van der Waals surface area (Å²) in [7, 11) is 0. The van der Waals surface area contributed by atoms with Crippen molar-refractivity contribution in [2.24, 2.45) is 0 Å². The second-order valence-electron chi connectivity index (χ2n) is 8.39. The Labute approximate surface area is 174 Å². The predicted molar refractivity (Wildman–Crippen MR) is 114 cm³/mol. The van der Waals surface area contributed by atoms with Gasteiger partial charge in [-0.2, -0.15) is 0 Å². The number of benzene rings is 2. The smallest absolute Gasteiger partial charge is 0.410 e. The van der Waals surface area contributed by atoms with Crippen molar-refractivity contribution < 1.29 is 14.5 Å². The lowest BCUT2D eigenvalue weighted by molar-refractivity contribution is -0.384. The Hall–Kier alpha value is -3.48. The Morgan fingerprint density at radius 1 is 1.17 bits per heavy atom. The van der Waals surface area contributed by atoms with Crippen molar-refractivity contribution in [2.45, 2.75) is 39.3 Å². The van der Waals surface area contributed by atoms with E-state index in [0.717, 1.165) is 22.4 Å². The number of hydrogen-bond donors (Lipinski definition) is 0. The zero-order valence-corrected chi connectivity index (χ0v) is 17.2. The van der Waals surface area contributed by atoms with Crippen molar-refractivity contribution in [2.75, 3.05) is 6.54 Å². The van der Waals surface area contributed by atoms with E-state index in [2.05, 4.69) is 0 Å². The number of amides is 1. The maximum atomic E-state index is 12.7. The predicted octanol–water partition coefficient (Wildman–Crippen LogP) is 5.10. The van der Waals surface area contributed by atoms with Crippen LogP contribution in [0.15, 0.2) is 48.5 Å². The third kappa shape index (κ3) is 3.83. The van der Waals surface area contributed by atoms with E-state index in [4.69, 9.17) is 9.72 Å². The molecule has 0 aliphatic carbocycles. The number of nitrogens with zero attached hydrogens (tertiary/aromatic N) is 3. The molecular weight excluding hydrogens is 382 g/mol. The second kappa shape index (κ2) is 7.40. The fourth-order valence-electron chi connectivity index (χ4n) is 3.76. The molecule has 3 aromatic rings. The van der Waals surface area contributed by atoms with Gasteiger partial charge in [0.25, 0.3) is 5.69 Å². The van der Waals surface area contributed by atoms with Crippen molar-refractivity contribution >= 4 is 22.7 Å². The molecule has 154 valence electrons. The summed E-state index contributed by atoms with van der Waals surface area (Å²) in [6.07, 6.45) is 0.229. The number of hydrogen-bond acceptors (Lipinski definition) is 5. The van der Waals surface area contributed by atoms with E-state index in [1.54, 1.807) is 17.0 Å². The Balaban J connectivity index is 1.88. The van der Waals surface area contributed by atoms with Crippen LogP contribution in [0.4, 0.5) is 10.5 Å². The molecule has 1 aromatic heterocycles. The summed E-state index contributed by atoms with van der Waals surface area (Å²) in [4.78, 5) is 30.1. The molecule has 0 saturated heterocycles. The van der Waals surface area contributed by atoms with E-state index in [1.165, 1.54) is 6.07 Å². The second-order valence-corrected chi connectivity index (χ2v) is 8.39. The van der Waals surface area contributed by atoms with Crippen molar-refractivity contribution in [3.63, 3.8) is 0 Å². The fraction of sp³-hybridized carbons (Fsp3) is 0.304. The van der Waals surface area contributed by atoms with Gasteiger partial charge in [0, 0.05) is 41.7 Å². The van der Waals surface area contributed by atoms with E-state index in [-0.39, 0.29) is 11.8 Å². The van der Waals surface area contributed by atoms with Crippen molar-refractivity contribution in [1.82, 2.24) is 9.88 Å². The Morgan fingerprint density at radius 3 is 2.57 bits per heavy atom. The first-order valence-electron chi connectivity index (χ1n) is 9.86. The van der Waals surface area contributed by atoms with Crippen LogP contribution in [0.2, 0.25) is 0 Å². The minimum Gasteiger partial charge on any atom is -0.444 e. The minimum atomic E-state index is -0.581. The highest BCUT2D eigenvalue weighted by Gasteiger charge is 2.29. The molecule has 0 radical (unpaired) electrons. The van der Waals surface area contributed by atoms with Gasteiger partial charge >= 0.3 is 6.09 Å². The number of nitro groups is 1. The number of ether oxygens (including phenoxy) is 1. The molecule has 0 atom stereocenters. The van der Waals surface area contributed by atoms with Gasteiger partial charge in [-0.15, -0.1) is 0 Å². The van der Waals surface area contributed by atoms with Gasteiger partial charge in [-0.1, -0.05) is 30.3 Å². The number of aromatic nitrogens is 1. The van der Waals surface area contributed by atoms with Crippen LogP contribution in [0.3, 0.4) is 0 Å². The van der Waals surface area contributed by atoms with Gasteiger partial charge in [0.15, 0.2) is 0 Å². The average Bonchev–Trinajstić information content (AvgIpc) is 2.70. The standard InChI is InChI=1S/C23H23N3O4/c1-23(2,3)30-22(27)25-12-11-20-18(14-25)21(15-7-5-4-6-8-15)17-13-16(26(28)29)9-10-19(17)24-20/h4-10,13H,11-12,14H2,1-3H3. The molecule has 0 N–H and O–H groups in total. The SMILES string of the molecule is CC(C)(C)OC(=O)N1CCc2nc3ccc([N+](=O)[O-])cc3c(-c3ccccc3)c2C1. The molecule has 0 fully saturated rings. The third-order valence-electron chi connectivity index (χ3n) is 5.05. The number of pyridine rings is 1. The van der Waals surface area contributed by atoms with Gasteiger partial charge in [0.05, 0.1) is 17.0 Å². The molecule has 1 aliphatic heterocycles. The summed E-state index contributed by atoms with van der Waals surface area (Å²) in [6.45, 7) is 6.38. The quantitative estimate of drug-likeness (QED) is 0.437. The number of non-ortho nitro benzene ring substituents is 1. The Morgan fingerprint density at radius 2 is 1.90 bits per heavy atom. The van der Waals surface area contributed by atoms with Crippen LogP contribution in [0.5, 0.6) is 0 Å². The summed E-state index contributed by atoms with van der Waals surface area (Å²) < 4.78 is 5.55. The summed E-state index contributed by atoms with van der Waals surface area (Å²) in [5, 5.41) is 12.1. The highest BCUT2D eigenvalue weighted by atomic mass is 16.6. The molecule has 4 rings (SSSR count). The average molecular weight is 405 g/mol.